The molecule has 0 aliphatic carbocycles. The summed E-state index contributed by atoms with van der Waals surface area (Å²) in [6.07, 6.45) is 3.41. The molecule has 0 aromatic heterocycles. The van der Waals surface area contributed by atoms with Gasteiger partial charge in [0, 0.05) is 11.6 Å². The van der Waals surface area contributed by atoms with Crippen LogP contribution in [0.2, 0.25) is 0 Å². The second kappa shape index (κ2) is 16.1. The Morgan fingerprint density at radius 1 is 1.00 bits per heavy atom. The van der Waals surface area contributed by atoms with Gasteiger partial charge in [-0.15, -0.1) is 0 Å². The van der Waals surface area contributed by atoms with Crippen molar-refractivity contribution in [2.75, 3.05) is 26.2 Å². The lowest BCUT2D eigenvalue weighted by Gasteiger charge is -2.25. The normalized spacial score (nSPS) is 16.7. The van der Waals surface area contributed by atoms with Gasteiger partial charge in [0.2, 0.25) is 0 Å². The molecule has 0 fully saturated rings. The zero-order valence-electron chi connectivity index (χ0n) is 25.4. The lowest BCUT2D eigenvalue weighted by atomic mass is 9.99. The Balaban J connectivity index is 1.87. The predicted molar refractivity (Wildman–Crippen MR) is 166 cm³/mol. The van der Waals surface area contributed by atoms with Crippen LogP contribution in [0.3, 0.4) is 0 Å². The van der Waals surface area contributed by atoms with Gasteiger partial charge in [0.05, 0.1) is 18.4 Å². The van der Waals surface area contributed by atoms with E-state index in [0.29, 0.717) is 37.1 Å². The lowest BCUT2D eigenvalue weighted by Crippen LogP contribution is -2.42. The van der Waals surface area contributed by atoms with Crippen molar-refractivity contribution in [3.05, 3.63) is 77.6 Å². The molecular weight excluding hydrogens is 514 g/mol. The highest BCUT2D eigenvalue weighted by atomic mass is 16.5. The average molecular weight is 562 g/mol. The van der Waals surface area contributed by atoms with Crippen molar-refractivity contribution in [1.82, 2.24) is 9.80 Å². The average Bonchev–Trinajstić information content (AvgIpc) is 3.21. The number of hydrogen-bond donors (Lipinski definition) is 1. The van der Waals surface area contributed by atoms with Crippen LogP contribution in [0.4, 0.5) is 0 Å². The number of carbonyl (C=O) groups is 2. The van der Waals surface area contributed by atoms with Crippen molar-refractivity contribution in [2.45, 2.75) is 78.8 Å². The molecule has 2 amide bonds. The third-order valence-electron chi connectivity index (χ3n) is 7.48. The van der Waals surface area contributed by atoms with Crippen molar-refractivity contribution in [2.24, 2.45) is 10.9 Å². The SMILES string of the molecule is CCN(CC)CCCC(C)N=C(CCCOc1ccccc1)C1=C(O)C(CC(C)C)N(C(=O)c2ccccc2)C1=O. The van der Waals surface area contributed by atoms with Crippen molar-refractivity contribution < 1.29 is 19.4 Å². The van der Waals surface area contributed by atoms with Crippen molar-refractivity contribution in [1.29, 1.82) is 0 Å². The first-order chi connectivity index (χ1) is 19.8. The molecule has 1 aliphatic rings. The van der Waals surface area contributed by atoms with Gasteiger partial charge in [-0.3, -0.25) is 19.5 Å². The summed E-state index contributed by atoms with van der Waals surface area (Å²) in [4.78, 5) is 36.1. The molecule has 0 spiro atoms. The number of nitrogens with zero attached hydrogens (tertiary/aromatic N) is 3. The molecule has 41 heavy (non-hydrogen) atoms. The Labute approximate surface area is 245 Å². The molecule has 1 N–H and O–H groups in total. The van der Waals surface area contributed by atoms with Crippen LogP contribution in [-0.4, -0.2) is 70.8 Å². The summed E-state index contributed by atoms with van der Waals surface area (Å²) in [5, 5.41) is 11.5. The van der Waals surface area contributed by atoms with E-state index in [2.05, 4.69) is 25.7 Å². The Hall–Kier alpha value is -3.45. The van der Waals surface area contributed by atoms with Gasteiger partial charge in [-0.25, -0.2) is 0 Å². The summed E-state index contributed by atoms with van der Waals surface area (Å²) in [6.45, 7) is 13.9. The number of aliphatic hydroxyl groups is 1. The minimum atomic E-state index is -0.714. The van der Waals surface area contributed by atoms with Crippen LogP contribution in [0, 0.1) is 5.92 Å². The highest BCUT2D eigenvalue weighted by Gasteiger charge is 2.45. The van der Waals surface area contributed by atoms with Crippen LogP contribution in [0.25, 0.3) is 0 Å². The number of hydrogen-bond acceptors (Lipinski definition) is 6. The zero-order chi connectivity index (χ0) is 29.8. The molecule has 0 saturated heterocycles. The van der Waals surface area contributed by atoms with E-state index in [9.17, 15) is 14.7 Å². The summed E-state index contributed by atoms with van der Waals surface area (Å²) in [5.41, 5.74) is 1.15. The van der Waals surface area contributed by atoms with E-state index in [-0.39, 0.29) is 23.3 Å². The molecule has 0 radical (unpaired) electrons. The van der Waals surface area contributed by atoms with Crippen molar-refractivity contribution >= 4 is 17.5 Å². The Morgan fingerprint density at radius 2 is 1.63 bits per heavy atom. The number of ether oxygens (including phenoxy) is 1. The van der Waals surface area contributed by atoms with E-state index in [4.69, 9.17) is 9.73 Å². The topological polar surface area (TPSA) is 82.4 Å². The van der Waals surface area contributed by atoms with Gasteiger partial charge in [-0.2, -0.15) is 0 Å². The number of carbonyl (C=O) groups excluding carboxylic acids is 2. The van der Waals surface area contributed by atoms with Crippen LogP contribution in [0.1, 0.15) is 77.1 Å². The standard InChI is InChI=1S/C34H47N3O4/c1-6-36(7-2)22-14-16-26(5)35-29(21-15-23-41-28-19-12-9-13-20-28)31-32(38)30(24-25(3)4)37(34(31)40)33(39)27-17-10-8-11-18-27/h8-13,17-20,25-26,30,38H,6-7,14-16,21-24H2,1-5H3. The fourth-order valence-corrected chi connectivity index (χ4v) is 5.23. The highest BCUT2D eigenvalue weighted by Crippen LogP contribution is 2.32. The van der Waals surface area contributed by atoms with Gasteiger partial charge in [0.25, 0.3) is 11.8 Å². The second-order valence-electron chi connectivity index (χ2n) is 11.1. The van der Waals surface area contributed by atoms with Crippen LogP contribution in [0.5, 0.6) is 5.75 Å². The maximum Gasteiger partial charge on any atom is 0.266 e. The molecular formula is C34H47N3O4. The number of rotatable bonds is 16. The van der Waals surface area contributed by atoms with Gasteiger partial charge in [-0.1, -0.05) is 64.1 Å². The minimum Gasteiger partial charge on any atom is -0.509 e. The van der Waals surface area contributed by atoms with Crippen LogP contribution in [0.15, 0.2) is 77.0 Å². The molecule has 7 nitrogen and oxygen atoms in total. The largest absolute Gasteiger partial charge is 0.509 e. The van der Waals surface area contributed by atoms with Gasteiger partial charge in [-0.05, 0) is 88.8 Å². The lowest BCUT2D eigenvalue weighted by molar-refractivity contribution is -0.124. The smallest absolute Gasteiger partial charge is 0.266 e. The van der Waals surface area contributed by atoms with Crippen LogP contribution < -0.4 is 4.74 Å². The highest BCUT2D eigenvalue weighted by molar-refractivity contribution is 6.27. The van der Waals surface area contributed by atoms with E-state index in [0.717, 1.165) is 38.2 Å². The van der Waals surface area contributed by atoms with Gasteiger partial charge >= 0.3 is 0 Å². The number of aliphatic imine (C=N–C) groups is 1. The summed E-state index contributed by atoms with van der Waals surface area (Å²) in [7, 11) is 0. The Bertz CT molecular complexity index is 1170. The summed E-state index contributed by atoms with van der Waals surface area (Å²) < 4.78 is 5.90. The Kier molecular flexibility index (Phi) is 12.6. The molecule has 1 heterocycles. The number of amides is 2. The molecule has 0 saturated carbocycles. The minimum absolute atomic E-state index is 0.0360. The molecule has 1 aliphatic heterocycles. The third kappa shape index (κ3) is 9.02. The van der Waals surface area contributed by atoms with E-state index >= 15 is 0 Å². The third-order valence-corrected chi connectivity index (χ3v) is 7.48. The number of imide groups is 1. The van der Waals surface area contributed by atoms with Crippen LogP contribution in [-0.2, 0) is 4.79 Å². The summed E-state index contributed by atoms with van der Waals surface area (Å²) in [6, 6.07) is 17.6. The number of benzene rings is 2. The molecule has 0 bridgehead atoms. The fourth-order valence-electron chi connectivity index (χ4n) is 5.23. The van der Waals surface area contributed by atoms with Crippen molar-refractivity contribution in [3.8, 4) is 5.75 Å². The number of para-hydroxylation sites is 1. The summed E-state index contributed by atoms with van der Waals surface area (Å²) in [5.74, 6) is 0.0263. The molecule has 222 valence electrons. The maximum absolute atomic E-state index is 13.9. The van der Waals surface area contributed by atoms with E-state index in [1.807, 2.05) is 50.2 Å². The molecule has 7 heteroatoms. The fraction of sp³-hybridized carbons (Fsp3) is 0.500. The van der Waals surface area contributed by atoms with Gasteiger partial charge in [0.15, 0.2) is 0 Å². The van der Waals surface area contributed by atoms with E-state index in [1.54, 1.807) is 24.3 Å². The first kappa shape index (κ1) is 32.1. The molecule has 3 rings (SSSR count). The molecule has 2 unspecified atom stereocenters. The van der Waals surface area contributed by atoms with Crippen molar-refractivity contribution in [3.63, 3.8) is 0 Å². The maximum atomic E-state index is 13.9. The first-order valence-electron chi connectivity index (χ1n) is 15.1. The monoisotopic (exact) mass is 561 g/mol. The van der Waals surface area contributed by atoms with E-state index < -0.39 is 17.9 Å². The number of aliphatic hydroxyl groups excluding tert-OH is 1. The van der Waals surface area contributed by atoms with E-state index in [1.165, 1.54) is 4.90 Å². The predicted octanol–water partition coefficient (Wildman–Crippen LogP) is 6.71. The second-order valence-corrected chi connectivity index (χ2v) is 11.1. The molecule has 2 aromatic carbocycles. The zero-order valence-corrected chi connectivity index (χ0v) is 25.4. The first-order valence-corrected chi connectivity index (χ1v) is 15.1. The Morgan fingerprint density at radius 3 is 2.24 bits per heavy atom. The van der Waals surface area contributed by atoms with Gasteiger partial charge < -0.3 is 14.7 Å². The molecule has 2 atom stereocenters. The van der Waals surface area contributed by atoms with Crippen LogP contribution >= 0.6 is 0 Å². The molecule has 2 aromatic rings. The summed E-state index contributed by atoms with van der Waals surface area (Å²) >= 11 is 0. The quantitative estimate of drug-likeness (QED) is 0.140. The van der Waals surface area contributed by atoms with Gasteiger partial charge in [0.1, 0.15) is 17.1 Å².